The minimum atomic E-state index is 0.829. The molecule has 0 aliphatic rings. The Bertz CT molecular complexity index is 456. The summed E-state index contributed by atoms with van der Waals surface area (Å²) in [5.74, 6) is 0.995. The van der Waals surface area contributed by atoms with E-state index in [1.54, 1.807) is 12.5 Å². The first-order chi connectivity index (χ1) is 8.28. The highest BCUT2D eigenvalue weighted by molar-refractivity contribution is 9.10. The lowest BCUT2D eigenvalue weighted by Crippen LogP contribution is -2.22. The Labute approximate surface area is 110 Å². The summed E-state index contributed by atoms with van der Waals surface area (Å²) in [5, 5.41) is 0. The van der Waals surface area contributed by atoms with Gasteiger partial charge in [0.15, 0.2) is 0 Å². The minimum absolute atomic E-state index is 0.829. The maximum Gasteiger partial charge on any atom is 0.117 e. The molecule has 0 bridgehead atoms. The summed E-state index contributed by atoms with van der Waals surface area (Å²) in [6, 6.07) is 6.02. The molecule has 0 spiro atoms. The number of hydrogen-bond donors (Lipinski definition) is 0. The van der Waals surface area contributed by atoms with Crippen LogP contribution in [-0.2, 0) is 13.1 Å². The Morgan fingerprint density at radius 3 is 2.88 bits per heavy atom. The van der Waals surface area contributed by atoms with Crippen molar-refractivity contribution < 1.29 is 4.42 Å². The fourth-order valence-corrected chi connectivity index (χ4v) is 2.12. The highest BCUT2D eigenvalue weighted by Gasteiger charge is 2.07. The van der Waals surface area contributed by atoms with Gasteiger partial charge in [-0.25, -0.2) is 0 Å². The number of pyridine rings is 1. The van der Waals surface area contributed by atoms with E-state index >= 15 is 0 Å². The van der Waals surface area contributed by atoms with E-state index in [9.17, 15) is 0 Å². The highest BCUT2D eigenvalue weighted by atomic mass is 79.9. The molecule has 0 aliphatic carbocycles. The summed E-state index contributed by atoms with van der Waals surface area (Å²) >= 11 is 3.44. The molecule has 0 N–H and O–H groups in total. The van der Waals surface area contributed by atoms with Gasteiger partial charge in [0.2, 0.25) is 0 Å². The molecule has 90 valence electrons. The Kier molecular flexibility index (Phi) is 4.34. The van der Waals surface area contributed by atoms with Crippen molar-refractivity contribution in [1.29, 1.82) is 0 Å². The van der Waals surface area contributed by atoms with Crippen LogP contribution in [0.5, 0.6) is 0 Å². The lowest BCUT2D eigenvalue weighted by atomic mass is 10.2. The van der Waals surface area contributed by atoms with Crippen LogP contribution >= 0.6 is 15.9 Å². The molecule has 4 heteroatoms. The van der Waals surface area contributed by atoms with Crippen molar-refractivity contribution in [2.45, 2.75) is 20.0 Å². The van der Waals surface area contributed by atoms with Crippen molar-refractivity contribution in [3.8, 4) is 0 Å². The molecule has 2 heterocycles. The molecule has 0 unspecified atom stereocenters. The van der Waals surface area contributed by atoms with E-state index in [0.29, 0.717) is 0 Å². The second-order valence-corrected chi connectivity index (χ2v) is 4.81. The molecule has 2 aromatic heterocycles. The van der Waals surface area contributed by atoms with Gasteiger partial charge in [0.25, 0.3) is 0 Å². The van der Waals surface area contributed by atoms with Gasteiger partial charge in [-0.2, -0.15) is 0 Å². The molecule has 0 aliphatic heterocycles. The first-order valence-electron chi connectivity index (χ1n) is 5.62. The van der Waals surface area contributed by atoms with Crippen LogP contribution in [0.1, 0.15) is 18.2 Å². The van der Waals surface area contributed by atoms with Crippen LogP contribution in [0.2, 0.25) is 0 Å². The second-order valence-electron chi connectivity index (χ2n) is 3.89. The zero-order valence-corrected chi connectivity index (χ0v) is 11.4. The van der Waals surface area contributed by atoms with E-state index in [2.05, 4.69) is 38.8 Å². The van der Waals surface area contributed by atoms with Crippen LogP contribution in [0.3, 0.4) is 0 Å². The fraction of sp³-hybridized carbons (Fsp3) is 0.308. The van der Waals surface area contributed by atoms with Crippen molar-refractivity contribution in [3.05, 3.63) is 52.7 Å². The van der Waals surface area contributed by atoms with Gasteiger partial charge in [0, 0.05) is 23.4 Å². The first-order valence-corrected chi connectivity index (χ1v) is 6.41. The molecule has 0 atom stereocenters. The summed E-state index contributed by atoms with van der Waals surface area (Å²) in [4.78, 5) is 6.48. The fourth-order valence-electron chi connectivity index (χ4n) is 1.70. The molecule has 2 rings (SSSR count). The number of halogens is 1. The average molecular weight is 295 g/mol. The van der Waals surface area contributed by atoms with E-state index < -0.39 is 0 Å². The minimum Gasteiger partial charge on any atom is -0.468 e. The van der Waals surface area contributed by atoms with E-state index in [1.807, 2.05) is 18.3 Å². The van der Waals surface area contributed by atoms with E-state index in [1.165, 1.54) is 5.56 Å². The third kappa shape index (κ3) is 3.68. The molecule has 0 fully saturated rings. The van der Waals surface area contributed by atoms with Crippen molar-refractivity contribution in [2.24, 2.45) is 0 Å². The average Bonchev–Trinajstić information content (AvgIpc) is 2.81. The maximum atomic E-state index is 5.36. The third-order valence-corrected chi connectivity index (χ3v) is 3.01. The Hall–Kier alpha value is -1.13. The lowest BCUT2D eigenvalue weighted by Gasteiger charge is -2.18. The maximum absolute atomic E-state index is 5.36. The van der Waals surface area contributed by atoms with Gasteiger partial charge >= 0.3 is 0 Å². The van der Waals surface area contributed by atoms with E-state index in [4.69, 9.17) is 4.42 Å². The molecule has 0 amide bonds. The Morgan fingerprint density at radius 1 is 1.35 bits per heavy atom. The second kappa shape index (κ2) is 5.98. The standard InChI is InChI=1S/C13H15BrN2O/c1-2-16(10-13-4-3-5-17-13)9-11-6-12(14)8-15-7-11/h3-8H,2,9-10H2,1H3. The monoisotopic (exact) mass is 294 g/mol. The molecule has 2 aromatic rings. The Balaban J connectivity index is 2.00. The number of aromatic nitrogens is 1. The predicted octanol–water partition coefficient (Wildman–Crippen LogP) is 3.46. The molecule has 0 saturated carbocycles. The summed E-state index contributed by atoms with van der Waals surface area (Å²) < 4.78 is 6.38. The van der Waals surface area contributed by atoms with Crippen molar-refractivity contribution in [3.63, 3.8) is 0 Å². The SMILES string of the molecule is CCN(Cc1cncc(Br)c1)Cc1ccco1. The van der Waals surface area contributed by atoms with Gasteiger partial charge in [-0.3, -0.25) is 9.88 Å². The third-order valence-electron chi connectivity index (χ3n) is 2.57. The normalized spacial score (nSPS) is 11.0. The molecule has 3 nitrogen and oxygen atoms in total. The van der Waals surface area contributed by atoms with Crippen molar-refractivity contribution in [1.82, 2.24) is 9.88 Å². The molecule has 0 radical (unpaired) electrons. The topological polar surface area (TPSA) is 29.3 Å². The van der Waals surface area contributed by atoms with Crippen LogP contribution in [0.4, 0.5) is 0 Å². The lowest BCUT2D eigenvalue weighted by molar-refractivity contribution is 0.247. The number of rotatable bonds is 5. The largest absolute Gasteiger partial charge is 0.468 e. The predicted molar refractivity (Wildman–Crippen MR) is 70.4 cm³/mol. The zero-order valence-electron chi connectivity index (χ0n) is 9.77. The van der Waals surface area contributed by atoms with E-state index in [0.717, 1.165) is 29.9 Å². The summed E-state index contributed by atoms with van der Waals surface area (Å²) in [6.45, 7) is 4.83. The molecular formula is C13H15BrN2O. The van der Waals surface area contributed by atoms with Gasteiger partial charge in [-0.1, -0.05) is 6.92 Å². The van der Waals surface area contributed by atoms with Crippen molar-refractivity contribution in [2.75, 3.05) is 6.54 Å². The van der Waals surface area contributed by atoms with Crippen molar-refractivity contribution >= 4 is 15.9 Å². The van der Waals surface area contributed by atoms with Crippen LogP contribution in [-0.4, -0.2) is 16.4 Å². The summed E-state index contributed by atoms with van der Waals surface area (Å²) in [5.41, 5.74) is 1.20. The summed E-state index contributed by atoms with van der Waals surface area (Å²) in [6.07, 6.45) is 5.41. The number of hydrogen-bond acceptors (Lipinski definition) is 3. The quantitative estimate of drug-likeness (QED) is 0.846. The smallest absolute Gasteiger partial charge is 0.117 e. The highest BCUT2D eigenvalue weighted by Crippen LogP contribution is 2.13. The zero-order chi connectivity index (χ0) is 12.1. The van der Waals surface area contributed by atoms with E-state index in [-0.39, 0.29) is 0 Å². The number of furan rings is 1. The van der Waals surface area contributed by atoms with Crippen LogP contribution in [0.25, 0.3) is 0 Å². The Morgan fingerprint density at radius 2 is 2.24 bits per heavy atom. The number of nitrogens with zero attached hydrogens (tertiary/aromatic N) is 2. The van der Waals surface area contributed by atoms with Crippen LogP contribution < -0.4 is 0 Å². The van der Waals surface area contributed by atoms with Gasteiger partial charge in [0.1, 0.15) is 5.76 Å². The van der Waals surface area contributed by atoms with Gasteiger partial charge in [-0.05, 0) is 46.2 Å². The summed E-state index contributed by atoms with van der Waals surface area (Å²) in [7, 11) is 0. The van der Waals surface area contributed by atoms with Gasteiger partial charge in [-0.15, -0.1) is 0 Å². The van der Waals surface area contributed by atoms with Crippen LogP contribution in [0, 0.1) is 0 Å². The first kappa shape index (κ1) is 12.3. The molecule has 17 heavy (non-hydrogen) atoms. The molecule has 0 aromatic carbocycles. The molecular weight excluding hydrogens is 280 g/mol. The van der Waals surface area contributed by atoms with Crippen LogP contribution in [0.15, 0.2) is 45.7 Å². The van der Waals surface area contributed by atoms with Gasteiger partial charge in [0.05, 0.1) is 12.8 Å². The molecule has 0 saturated heterocycles. The van der Waals surface area contributed by atoms with Gasteiger partial charge < -0.3 is 4.42 Å².